The van der Waals surface area contributed by atoms with E-state index in [9.17, 15) is 5.11 Å². The number of thiophene rings is 1. The van der Waals surface area contributed by atoms with Gasteiger partial charge in [0.2, 0.25) is 0 Å². The molecule has 0 aliphatic heterocycles. The maximum atomic E-state index is 10.7. The zero-order valence-electron chi connectivity index (χ0n) is 12.6. The molecule has 1 aromatic rings. The van der Waals surface area contributed by atoms with Gasteiger partial charge in [-0.2, -0.15) is 0 Å². The molecule has 2 heteroatoms. The van der Waals surface area contributed by atoms with Crippen molar-refractivity contribution in [3.63, 3.8) is 0 Å². The lowest BCUT2D eigenvalue weighted by atomic mass is 9.86. The second-order valence-electron chi connectivity index (χ2n) is 7.00. The Labute approximate surface area is 122 Å². The molecular formula is C17H28OS. The Morgan fingerprint density at radius 2 is 1.63 bits per heavy atom. The van der Waals surface area contributed by atoms with E-state index in [1.165, 1.54) is 54.7 Å². The third kappa shape index (κ3) is 4.06. The minimum Gasteiger partial charge on any atom is -0.387 e. The van der Waals surface area contributed by atoms with E-state index in [-0.39, 0.29) is 11.5 Å². The molecule has 1 atom stereocenters. The lowest BCUT2D eigenvalue weighted by molar-refractivity contribution is 0.0944. The van der Waals surface area contributed by atoms with E-state index in [4.69, 9.17) is 0 Å². The van der Waals surface area contributed by atoms with Crippen molar-refractivity contribution in [2.75, 3.05) is 0 Å². The lowest BCUT2D eigenvalue weighted by Gasteiger charge is -2.24. The van der Waals surface area contributed by atoms with Crippen molar-refractivity contribution in [3.05, 3.63) is 21.9 Å². The highest BCUT2D eigenvalue weighted by Gasteiger charge is 2.24. The van der Waals surface area contributed by atoms with Crippen LogP contribution >= 0.6 is 11.3 Å². The van der Waals surface area contributed by atoms with Gasteiger partial charge in [-0.15, -0.1) is 11.3 Å². The molecule has 1 fully saturated rings. The third-order valence-corrected chi connectivity index (χ3v) is 5.84. The molecule has 1 aliphatic rings. The zero-order chi connectivity index (χ0) is 13.9. The molecule has 1 aliphatic carbocycles. The summed E-state index contributed by atoms with van der Waals surface area (Å²) < 4.78 is 0. The molecule has 0 amide bonds. The Kier molecular flexibility index (Phi) is 5.08. The maximum absolute atomic E-state index is 10.7. The Bertz CT molecular complexity index is 380. The highest BCUT2D eigenvalue weighted by Crippen LogP contribution is 2.38. The first-order valence-electron chi connectivity index (χ1n) is 7.77. The normalized spacial score (nSPS) is 20.8. The van der Waals surface area contributed by atoms with Gasteiger partial charge >= 0.3 is 0 Å². The molecule has 1 heterocycles. The fraction of sp³-hybridized carbons (Fsp3) is 0.765. The van der Waals surface area contributed by atoms with Gasteiger partial charge in [-0.05, 0) is 36.3 Å². The van der Waals surface area contributed by atoms with Crippen LogP contribution in [0.5, 0.6) is 0 Å². The van der Waals surface area contributed by atoms with E-state index in [0.717, 1.165) is 0 Å². The van der Waals surface area contributed by atoms with E-state index >= 15 is 0 Å². The summed E-state index contributed by atoms with van der Waals surface area (Å²) in [6.45, 7) is 6.72. The topological polar surface area (TPSA) is 20.2 Å². The predicted molar refractivity (Wildman–Crippen MR) is 83.8 cm³/mol. The van der Waals surface area contributed by atoms with Gasteiger partial charge in [0.15, 0.2) is 0 Å². The fourth-order valence-corrected chi connectivity index (χ4v) is 4.10. The minimum atomic E-state index is -0.237. The van der Waals surface area contributed by atoms with Crippen LogP contribution in [0.2, 0.25) is 0 Å². The van der Waals surface area contributed by atoms with Crippen molar-refractivity contribution in [2.45, 2.75) is 77.2 Å². The highest BCUT2D eigenvalue weighted by molar-refractivity contribution is 7.12. The Hall–Kier alpha value is -0.340. The number of rotatable bonds is 2. The highest BCUT2D eigenvalue weighted by atomic mass is 32.1. The Morgan fingerprint density at radius 1 is 1.05 bits per heavy atom. The number of aliphatic hydroxyl groups excluding tert-OH is 1. The Morgan fingerprint density at radius 3 is 2.16 bits per heavy atom. The van der Waals surface area contributed by atoms with E-state index < -0.39 is 0 Å². The van der Waals surface area contributed by atoms with Crippen LogP contribution in [0.4, 0.5) is 0 Å². The summed E-state index contributed by atoms with van der Waals surface area (Å²) in [5, 5.41) is 10.7. The summed E-state index contributed by atoms with van der Waals surface area (Å²) in [7, 11) is 0. The van der Waals surface area contributed by atoms with Crippen molar-refractivity contribution in [1.82, 2.24) is 0 Å². The first kappa shape index (κ1) is 15.1. The van der Waals surface area contributed by atoms with Gasteiger partial charge in [0.1, 0.15) is 0 Å². The summed E-state index contributed by atoms with van der Waals surface area (Å²) in [5.41, 5.74) is 0.198. The summed E-state index contributed by atoms with van der Waals surface area (Å²) in [5.74, 6) is 0.478. The molecule has 0 radical (unpaired) electrons. The first-order valence-corrected chi connectivity index (χ1v) is 8.58. The van der Waals surface area contributed by atoms with Gasteiger partial charge in [-0.1, -0.05) is 52.9 Å². The van der Waals surface area contributed by atoms with E-state index in [1.54, 1.807) is 11.3 Å². The average molecular weight is 280 g/mol. The molecule has 1 nitrogen and oxygen atoms in total. The molecule has 0 saturated heterocycles. The molecule has 0 aromatic carbocycles. The summed E-state index contributed by atoms with van der Waals surface area (Å²) in [6, 6.07) is 4.35. The summed E-state index contributed by atoms with van der Waals surface area (Å²) in [4.78, 5) is 2.56. The van der Waals surface area contributed by atoms with Gasteiger partial charge in [0, 0.05) is 9.75 Å². The van der Waals surface area contributed by atoms with Crippen LogP contribution in [-0.2, 0) is 5.41 Å². The molecule has 1 N–H and O–H groups in total. The van der Waals surface area contributed by atoms with Crippen LogP contribution in [0.3, 0.4) is 0 Å². The molecular weight excluding hydrogens is 252 g/mol. The van der Waals surface area contributed by atoms with E-state index in [0.29, 0.717) is 5.92 Å². The number of aliphatic hydroxyl groups is 1. The monoisotopic (exact) mass is 280 g/mol. The predicted octanol–water partition coefficient (Wildman–Crippen LogP) is 5.44. The summed E-state index contributed by atoms with van der Waals surface area (Å²) in [6.07, 6.45) is 8.82. The standard InChI is InChI=1S/C17H28OS/c1-17(2,3)15-12-11-14(19-15)16(18)13-9-7-5-4-6-8-10-13/h11-13,16,18H,4-10H2,1-3H3. The van der Waals surface area contributed by atoms with Crippen LogP contribution in [0.15, 0.2) is 12.1 Å². The molecule has 1 unspecified atom stereocenters. The third-order valence-electron chi connectivity index (χ3n) is 4.25. The minimum absolute atomic E-state index is 0.198. The second-order valence-corrected chi connectivity index (χ2v) is 8.12. The molecule has 2 rings (SSSR count). The molecule has 0 bridgehead atoms. The van der Waals surface area contributed by atoms with Gasteiger partial charge in [0.05, 0.1) is 6.10 Å². The molecule has 1 saturated carbocycles. The van der Waals surface area contributed by atoms with Crippen LogP contribution in [-0.4, -0.2) is 5.11 Å². The number of hydrogen-bond donors (Lipinski definition) is 1. The van der Waals surface area contributed by atoms with Gasteiger partial charge in [-0.3, -0.25) is 0 Å². The smallest absolute Gasteiger partial charge is 0.0910 e. The van der Waals surface area contributed by atoms with Crippen LogP contribution in [0, 0.1) is 5.92 Å². The molecule has 19 heavy (non-hydrogen) atoms. The molecule has 0 spiro atoms. The average Bonchev–Trinajstić information content (AvgIpc) is 2.76. The SMILES string of the molecule is CC(C)(C)c1ccc(C(O)C2CCCCCCC2)s1. The maximum Gasteiger partial charge on any atom is 0.0910 e. The lowest BCUT2D eigenvalue weighted by Crippen LogP contribution is -2.13. The van der Waals surface area contributed by atoms with Gasteiger partial charge in [0.25, 0.3) is 0 Å². The fourth-order valence-electron chi connectivity index (χ4n) is 2.95. The van der Waals surface area contributed by atoms with Crippen LogP contribution in [0.1, 0.15) is 81.6 Å². The first-order chi connectivity index (χ1) is 8.98. The second kappa shape index (κ2) is 6.41. The van der Waals surface area contributed by atoms with Gasteiger partial charge < -0.3 is 5.11 Å². The molecule has 1 aromatic heterocycles. The Balaban J connectivity index is 2.05. The van der Waals surface area contributed by atoms with Crippen molar-refractivity contribution < 1.29 is 5.11 Å². The van der Waals surface area contributed by atoms with Gasteiger partial charge in [-0.25, -0.2) is 0 Å². The van der Waals surface area contributed by atoms with Crippen molar-refractivity contribution in [3.8, 4) is 0 Å². The summed E-state index contributed by atoms with van der Waals surface area (Å²) >= 11 is 1.80. The number of hydrogen-bond acceptors (Lipinski definition) is 2. The quantitative estimate of drug-likeness (QED) is 0.765. The largest absolute Gasteiger partial charge is 0.387 e. The van der Waals surface area contributed by atoms with E-state index in [2.05, 4.69) is 32.9 Å². The van der Waals surface area contributed by atoms with E-state index in [1.807, 2.05) is 0 Å². The van der Waals surface area contributed by atoms with Crippen molar-refractivity contribution in [1.29, 1.82) is 0 Å². The van der Waals surface area contributed by atoms with Crippen LogP contribution < -0.4 is 0 Å². The molecule has 108 valence electrons. The van der Waals surface area contributed by atoms with Crippen molar-refractivity contribution >= 4 is 11.3 Å². The van der Waals surface area contributed by atoms with Crippen molar-refractivity contribution in [2.24, 2.45) is 5.92 Å². The zero-order valence-corrected chi connectivity index (χ0v) is 13.4. The van der Waals surface area contributed by atoms with Crippen LogP contribution in [0.25, 0.3) is 0 Å².